The van der Waals surface area contributed by atoms with Gasteiger partial charge in [0.25, 0.3) is 0 Å². The zero-order chi connectivity index (χ0) is 16.9. The molecule has 3 rings (SSSR count). The third-order valence-electron chi connectivity index (χ3n) is 4.64. The van der Waals surface area contributed by atoms with Gasteiger partial charge in [-0.15, -0.1) is 11.8 Å². The van der Waals surface area contributed by atoms with E-state index in [9.17, 15) is 4.79 Å². The minimum absolute atomic E-state index is 0.0436. The van der Waals surface area contributed by atoms with Gasteiger partial charge in [-0.3, -0.25) is 9.69 Å². The van der Waals surface area contributed by atoms with Crippen LogP contribution >= 0.6 is 11.8 Å². The minimum atomic E-state index is 0.0436. The maximum absolute atomic E-state index is 12.5. The van der Waals surface area contributed by atoms with Crippen molar-refractivity contribution in [2.75, 3.05) is 25.2 Å². The average Bonchev–Trinajstić information content (AvgIpc) is 2.61. The molecule has 0 radical (unpaired) electrons. The van der Waals surface area contributed by atoms with Crippen molar-refractivity contribution in [3.8, 4) is 0 Å². The lowest BCUT2D eigenvalue weighted by molar-refractivity contribution is -0.117. The fraction of sp³-hybridized carbons (Fsp3) is 0.350. The van der Waals surface area contributed by atoms with Crippen molar-refractivity contribution in [2.45, 2.75) is 30.2 Å². The number of carbonyl (C=O) groups excluding carboxylic acids is 1. The van der Waals surface area contributed by atoms with E-state index in [1.54, 1.807) is 11.8 Å². The summed E-state index contributed by atoms with van der Waals surface area (Å²) >= 11 is 1.65. The maximum atomic E-state index is 12.5. The topological polar surface area (TPSA) is 32.3 Å². The molecule has 0 aromatic heterocycles. The summed E-state index contributed by atoms with van der Waals surface area (Å²) in [4.78, 5) is 15.8. The lowest BCUT2D eigenvalue weighted by atomic mass is 9.87. The average molecular weight is 340 g/mol. The van der Waals surface area contributed by atoms with Gasteiger partial charge in [0.15, 0.2) is 0 Å². The largest absolute Gasteiger partial charge is 0.324 e. The van der Waals surface area contributed by atoms with Crippen LogP contribution < -0.4 is 5.32 Å². The molecule has 2 aromatic rings. The molecule has 0 heterocycles. The molecule has 1 N–H and O–H groups in total. The molecule has 1 atom stereocenters. The Hall–Kier alpha value is -1.78. The molecular formula is C20H24N2OS. The summed E-state index contributed by atoms with van der Waals surface area (Å²) in [6.07, 6.45) is 5.47. The monoisotopic (exact) mass is 340 g/mol. The second kappa shape index (κ2) is 7.86. The first-order valence-corrected chi connectivity index (χ1v) is 9.62. The smallest absolute Gasteiger partial charge is 0.238 e. The molecule has 0 bridgehead atoms. The van der Waals surface area contributed by atoms with Crippen LogP contribution in [0.4, 0.5) is 5.69 Å². The van der Waals surface area contributed by atoms with Crippen molar-refractivity contribution in [3.05, 3.63) is 59.7 Å². The van der Waals surface area contributed by atoms with Crippen molar-refractivity contribution >= 4 is 23.4 Å². The number of para-hydroxylation sites is 1. The van der Waals surface area contributed by atoms with Crippen molar-refractivity contribution in [1.82, 2.24) is 4.90 Å². The molecule has 1 aliphatic rings. The van der Waals surface area contributed by atoms with Gasteiger partial charge in [0.1, 0.15) is 0 Å². The Morgan fingerprint density at radius 3 is 2.79 bits per heavy atom. The molecule has 0 saturated carbocycles. The summed E-state index contributed by atoms with van der Waals surface area (Å²) < 4.78 is 0. The highest BCUT2D eigenvalue weighted by atomic mass is 32.2. The van der Waals surface area contributed by atoms with Crippen LogP contribution in [0.2, 0.25) is 0 Å². The quantitative estimate of drug-likeness (QED) is 0.821. The first-order chi connectivity index (χ1) is 11.7. The van der Waals surface area contributed by atoms with E-state index in [1.165, 1.54) is 17.5 Å². The van der Waals surface area contributed by atoms with Gasteiger partial charge in [-0.1, -0.05) is 36.4 Å². The van der Waals surface area contributed by atoms with Gasteiger partial charge in [-0.2, -0.15) is 0 Å². The van der Waals surface area contributed by atoms with Crippen LogP contribution in [-0.4, -0.2) is 30.7 Å². The Morgan fingerprint density at radius 2 is 1.96 bits per heavy atom. The second-order valence-electron chi connectivity index (χ2n) is 6.27. The lowest BCUT2D eigenvalue weighted by Gasteiger charge is -2.32. The van der Waals surface area contributed by atoms with Crippen LogP contribution in [0.3, 0.4) is 0 Å². The highest BCUT2D eigenvalue weighted by Crippen LogP contribution is 2.33. The number of rotatable bonds is 5. The Bertz CT molecular complexity index is 716. The zero-order valence-corrected chi connectivity index (χ0v) is 15.1. The van der Waals surface area contributed by atoms with E-state index in [0.29, 0.717) is 12.6 Å². The molecule has 0 saturated heterocycles. The molecule has 0 unspecified atom stereocenters. The Labute approximate surface area is 148 Å². The molecule has 2 aromatic carbocycles. The standard InChI is InChI=1S/C20H24N2OS/c1-22(18-12-7-9-15-8-3-4-10-16(15)18)14-20(23)21-17-11-5-6-13-19(17)24-2/h3-6,8,10-11,13,18H,7,9,12,14H2,1-2H3,(H,21,23)/t18-/m1/s1. The van der Waals surface area contributed by atoms with Gasteiger partial charge in [-0.25, -0.2) is 0 Å². The summed E-state index contributed by atoms with van der Waals surface area (Å²) in [6, 6.07) is 16.9. The van der Waals surface area contributed by atoms with Gasteiger partial charge in [0.2, 0.25) is 5.91 Å². The van der Waals surface area contributed by atoms with Crippen LogP contribution in [0.1, 0.15) is 30.0 Å². The Kier molecular flexibility index (Phi) is 5.59. The van der Waals surface area contributed by atoms with Crippen molar-refractivity contribution in [3.63, 3.8) is 0 Å². The number of aryl methyl sites for hydroxylation is 1. The molecule has 1 aliphatic carbocycles. The van der Waals surface area contributed by atoms with Crippen LogP contribution in [0, 0.1) is 0 Å². The number of thioether (sulfide) groups is 1. The molecule has 0 spiro atoms. The predicted octanol–water partition coefficient (Wildman–Crippen LogP) is 4.36. The number of amides is 1. The van der Waals surface area contributed by atoms with E-state index in [4.69, 9.17) is 0 Å². The third kappa shape index (κ3) is 3.82. The first kappa shape index (κ1) is 17.1. The molecule has 0 aliphatic heterocycles. The van der Waals surface area contributed by atoms with E-state index in [0.717, 1.165) is 23.4 Å². The zero-order valence-electron chi connectivity index (χ0n) is 14.3. The van der Waals surface area contributed by atoms with Crippen LogP contribution in [-0.2, 0) is 11.2 Å². The van der Waals surface area contributed by atoms with Crippen molar-refractivity contribution < 1.29 is 4.79 Å². The number of nitrogens with one attached hydrogen (secondary N) is 1. The SMILES string of the molecule is CSc1ccccc1NC(=O)CN(C)[C@@H]1CCCc2ccccc21. The van der Waals surface area contributed by atoms with Crippen LogP contribution in [0.15, 0.2) is 53.4 Å². The van der Waals surface area contributed by atoms with Gasteiger partial charge < -0.3 is 5.32 Å². The van der Waals surface area contributed by atoms with Crippen molar-refractivity contribution in [1.29, 1.82) is 0 Å². The molecule has 24 heavy (non-hydrogen) atoms. The lowest BCUT2D eigenvalue weighted by Crippen LogP contribution is -2.35. The number of hydrogen-bond acceptors (Lipinski definition) is 3. The number of nitrogens with zero attached hydrogens (tertiary/aromatic N) is 1. The summed E-state index contributed by atoms with van der Waals surface area (Å²) in [6.45, 7) is 0.404. The normalized spacial score (nSPS) is 16.7. The van der Waals surface area contributed by atoms with Gasteiger partial charge in [0, 0.05) is 10.9 Å². The summed E-state index contributed by atoms with van der Waals surface area (Å²) in [5.74, 6) is 0.0436. The number of anilines is 1. The molecule has 0 fully saturated rings. The highest BCUT2D eigenvalue weighted by Gasteiger charge is 2.24. The van der Waals surface area contributed by atoms with E-state index in [1.807, 2.05) is 37.6 Å². The van der Waals surface area contributed by atoms with Gasteiger partial charge in [-0.05, 0) is 55.8 Å². The number of fused-ring (bicyclic) bond motifs is 1. The Morgan fingerprint density at radius 1 is 1.21 bits per heavy atom. The second-order valence-corrected chi connectivity index (χ2v) is 7.12. The first-order valence-electron chi connectivity index (χ1n) is 8.40. The van der Waals surface area contributed by atoms with E-state index < -0.39 is 0 Å². The summed E-state index contributed by atoms with van der Waals surface area (Å²) in [5.41, 5.74) is 3.70. The molecule has 3 nitrogen and oxygen atoms in total. The van der Waals surface area contributed by atoms with Crippen LogP contribution in [0.25, 0.3) is 0 Å². The number of benzene rings is 2. The number of hydrogen-bond donors (Lipinski definition) is 1. The maximum Gasteiger partial charge on any atom is 0.238 e. The summed E-state index contributed by atoms with van der Waals surface area (Å²) in [5, 5.41) is 3.05. The van der Waals surface area contributed by atoms with Crippen LogP contribution in [0.5, 0.6) is 0 Å². The molecule has 4 heteroatoms. The summed E-state index contributed by atoms with van der Waals surface area (Å²) in [7, 11) is 2.05. The predicted molar refractivity (Wildman–Crippen MR) is 102 cm³/mol. The third-order valence-corrected chi connectivity index (χ3v) is 5.44. The molecule has 1 amide bonds. The number of likely N-dealkylation sites (N-methyl/N-ethyl adjacent to an activating group) is 1. The fourth-order valence-electron chi connectivity index (χ4n) is 3.46. The molecule has 126 valence electrons. The van der Waals surface area contributed by atoms with Gasteiger partial charge in [0.05, 0.1) is 12.2 Å². The van der Waals surface area contributed by atoms with E-state index in [-0.39, 0.29) is 5.91 Å². The van der Waals surface area contributed by atoms with Crippen molar-refractivity contribution in [2.24, 2.45) is 0 Å². The minimum Gasteiger partial charge on any atom is -0.324 e. The number of carbonyl (C=O) groups is 1. The highest BCUT2D eigenvalue weighted by molar-refractivity contribution is 7.98. The van der Waals surface area contributed by atoms with Gasteiger partial charge >= 0.3 is 0 Å². The van der Waals surface area contributed by atoms with E-state index >= 15 is 0 Å². The fourth-order valence-corrected chi connectivity index (χ4v) is 4.01. The Balaban J connectivity index is 1.67. The molecular weight excluding hydrogens is 316 g/mol. The van der Waals surface area contributed by atoms with E-state index in [2.05, 4.69) is 34.5 Å².